The van der Waals surface area contributed by atoms with Crippen LogP contribution in [0.2, 0.25) is 0 Å². The molecule has 1 aromatic carbocycles. The lowest BCUT2D eigenvalue weighted by atomic mass is 10.0. The van der Waals surface area contributed by atoms with Crippen LogP contribution in [0.3, 0.4) is 0 Å². The SMILES string of the molecule is C[C@H](Oc1ccccc1Br)C(=O)N1CCC(N(C)CCO)CC1. The molecule has 1 aromatic rings. The summed E-state index contributed by atoms with van der Waals surface area (Å²) >= 11 is 3.43. The van der Waals surface area contributed by atoms with Crippen LogP contribution in [0.1, 0.15) is 19.8 Å². The molecule has 128 valence electrons. The number of aliphatic hydroxyl groups excluding tert-OH is 1. The van der Waals surface area contributed by atoms with Crippen molar-refractivity contribution in [1.82, 2.24) is 9.80 Å². The second-order valence-electron chi connectivity index (χ2n) is 5.95. The van der Waals surface area contributed by atoms with Gasteiger partial charge in [-0.1, -0.05) is 12.1 Å². The van der Waals surface area contributed by atoms with Gasteiger partial charge in [0, 0.05) is 25.7 Å². The normalized spacial score (nSPS) is 17.3. The summed E-state index contributed by atoms with van der Waals surface area (Å²) in [7, 11) is 2.02. The summed E-state index contributed by atoms with van der Waals surface area (Å²) in [5.41, 5.74) is 0. The first kappa shape index (κ1) is 18.2. The van der Waals surface area contributed by atoms with E-state index in [1.807, 2.05) is 36.2 Å². The molecular weight excluding hydrogens is 360 g/mol. The third kappa shape index (κ3) is 4.93. The molecule has 0 saturated carbocycles. The molecule has 0 bridgehead atoms. The van der Waals surface area contributed by atoms with Gasteiger partial charge in [-0.15, -0.1) is 0 Å². The highest BCUT2D eigenvalue weighted by Gasteiger charge is 2.28. The number of rotatable bonds is 6. The second-order valence-corrected chi connectivity index (χ2v) is 6.81. The third-order valence-corrected chi connectivity index (χ3v) is 5.00. The van der Waals surface area contributed by atoms with Crippen LogP contribution in [-0.2, 0) is 4.79 Å². The van der Waals surface area contributed by atoms with Gasteiger partial charge in [0.1, 0.15) is 5.75 Å². The van der Waals surface area contributed by atoms with Crippen LogP contribution in [-0.4, -0.2) is 66.2 Å². The van der Waals surface area contributed by atoms with Gasteiger partial charge in [-0.3, -0.25) is 4.79 Å². The number of piperidine rings is 1. The molecule has 1 aliphatic heterocycles. The fourth-order valence-electron chi connectivity index (χ4n) is 2.91. The predicted octanol–water partition coefficient (Wildman–Crippen LogP) is 2.13. The molecule has 1 amide bonds. The molecule has 1 saturated heterocycles. The molecule has 23 heavy (non-hydrogen) atoms. The molecule has 0 aliphatic carbocycles. The number of halogens is 1. The first-order valence-corrected chi connectivity index (χ1v) is 8.83. The largest absolute Gasteiger partial charge is 0.480 e. The Bertz CT molecular complexity index is 518. The number of benzene rings is 1. The standard InChI is InChI=1S/C17H25BrN2O3/c1-13(23-16-6-4-3-5-15(16)18)17(22)20-9-7-14(8-10-20)19(2)11-12-21/h3-6,13-14,21H,7-12H2,1-2H3/t13-/m0/s1. The van der Waals surface area contributed by atoms with Gasteiger partial charge in [-0.05, 0) is 54.9 Å². The molecule has 5 nitrogen and oxygen atoms in total. The monoisotopic (exact) mass is 384 g/mol. The summed E-state index contributed by atoms with van der Waals surface area (Å²) < 4.78 is 6.64. The maximum atomic E-state index is 12.5. The van der Waals surface area contributed by atoms with Crippen LogP contribution < -0.4 is 4.74 Å². The first-order valence-electron chi connectivity index (χ1n) is 8.04. The van der Waals surface area contributed by atoms with E-state index in [1.54, 1.807) is 6.92 Å². The number of nitrogens with zero attached hydrogens (tertiary/aromatic N) is 2. The van der Waals surface area contributed by atoms with Gasteiger partial charge < -0.3 is 19.6 Å². The lowest BCUT2D eigenvalue weighted by Crippen LogP contribution is -2.49. The van der Waals surface area contributed by atoms with E-state index in [4.69, 9.17) is 9.84 Å². The maximum absolute atomic E-state index is 12.5. The second kappa shape index (κ2) is 8.66. The number of carbonyl (C=O) groups is 1. The van der Waals surface area contributed by atoms with Crippen LogP contribution in [0, 0.1) is 0 Å². The number of hydrogen-bond acceptors (Lipinski definition) is 4. The van der Waals surface area contributed by atoms with Crippen molar-refractivity contribution in [2.24, 2.45) is 0 Å². The molecule has 2 rings (SSSR count). The highest BCUT2D eigenvalue weighted by atomic mass is 79.9. The van der Waals surface area contributed by atoms with E-state index in [2.05, 4.69) is 20.8 Å². The predicted molar refractivity (Wildman–Crippen MR) is 93.5 cm³/mol. The average Bonchev–Trinajstić information content (AvgIpc) is 2.56. The van der Waals surface area contributed by atoms with Crippen LogP contribution in [0.4, 0.5) is 0 Å². The maximum Gasteiger partial charge on any atom is 0.263 e. The highest BCUT2D eigenvalue weighted by molar-refractivity contribution is 9.10. The summed E-state index contributed by atoms with van der Waals surface area (Å²) in [6.07, 6.45) is 1.37. The molecular formula is C17H25BrN2O3. The number of likely N-dealkylation sites (tertiary alicyclic amines) is 1. The Kier molecular flexibility index (Phi) is 6.87. The van der Waals surface area contributed by atoms with Gasteiger partial charge in [0.15, 0.2) is 6.10 Å². The Labute approximate surface area is 146 Å². The van der Waals surface area contributed by atoms with E-state index in [0.29, 0.717) is 18.3 Å². The fourth-order valence-corrected chi connectivity index (χ4v) is 3.28. The molecule has 1 aliphatic rings. The number of amides is 1. The summed E-state index contributed by atoms with van der Waals surface area (Å²) in [4.78, 5) is 16.6. The van der Waals surface area contributed by atoms with E-state index in [9.17, 15) is 4.79 Å². The summed E-state index contributed by atoms with van der Waals surface area (Å²) in [5, 5.41) is 9.02. The van der Waals surface area contributed by atoms with Gasteiger partial charge in [0.05, 0.1) is 11.1 Å². The lowest BCUT2D eigenvalue weighted by molar-refractivity contribution is -0.139. The number of para-hydroxylation sites is 1. The van der Waals surface area contributed by atoms with Crippen molar-refractivity contribution < 1.29 is 14.6 Å². The van der Waals surface area contributed by atoms with E-state index in [-0.39, 0.29) is 12.5 Å². The number of hydrogen-bond donors (Lipinski definition) is 1. The minimum Gasteiger partial charge on any atom is -0.480 e. The molecule has 1 heterocycles. The Balaban J connectivity index is 1.86. The molecule has 6 heteroatoms. The molecule has 0 spiro atoms. The molecule has 1 fully saturated rings. The zero-order chi connectivity index (χ0) is 16.8. The van der Waals surface area contributed by atoms with Crippen molar-refractivity contribution in [3.8, 4) is 5.75 Å². The van der Waals surface area contributed by atoms with Crippen molar-refractivity contribution in [3.05, 3.63) is 28.7 Å². The quantitative estimate of drug-likeness (QED) is 0.815. The number of aliphatic hydroxyl groups is 1. The van der Waals surface area contributed by atoms with Gasteiger partial charge >= 0.3 is 0 Å². The van der Waals surface area contributed by atoms with Crippen molar-refractivity contribution in [3.63, 3.8) is 0 Å². The van der Waals surface area contributed by atoms with Crippen LogP contribution in [0.15, 0.2) is 28.7 Å². The third-order valence-electron chi connectivity index (χ3n) is 4.34. The minimum atomic E-state index is -0.500. The Morgan fingerprint density at radius 1 is 1.43 bits per heavy atom. The van der Waals surface area contributed by atoms with Crippen molar-refractivity contribution >= 4 is 21.8 Å². The smallest absolute Gasteiger partial charge is 0.263 e. The molecule has 0 aromatic heterocycles. The van der Waals surface area contributed by atoms with E-state index < -0.39 is 6.10 Å². The van der Waals surface area contributed by atoms with Crippen molar-refractivity contribution in [2.45, 2.75) is 31.9 Å². The number of likely N-dealkylation sites (N-methyl/N-ethyl adjacent to an activating group) is 1. The van der Waals surface area contributed by atoms with Gasteiger partial charge in [0.2, 0.25) is 0 Å². The molecule has 0 unspecified atom stereocenters. The van der Waals surface area contributed by atoms with E-state index >= 15 is 0 Å². The molecule has 1 N–H and O–H groups in total. The van der Waals surface area contributed by atoms with Crippen LogP contribution >= 0.6 is 15.9 Å². The molecule has 0 radical (unpaired) electrons. The van der Waals surface area contributed by atoms with Crippen LogP contribution in [0.5, 0.6) is 5.75 Å². The van der Waals surface area contributed by atoms with E-state index in [0.717, 1.165) is 30.4 Å². The van der Waals surface area contributed by atoms with Crippen molar-refractivity contribution in [2.75, 3.05) is 33.3 Å². The zero-order valence-corrected chi connectivity index (χ0v) is 15.3. The number of ether oxygens (including phenoxy) is 1. The highest BCUT2D eigenvalue weighted by Crippen LogP contribution is 2.25. The van der Waals surface area contributed by atoms with Gasteiger partial charge in [0.25, 0.3) is 5.91 Å². The Morgan fingerprint density at radius 2 is 2.09 bits per heavy atom. The van der Waals surface area contributed by atoms with Crippen molar-refractivity contribution in [1.29, 1.82) is 0 Å². The lowest BCUT2D eigenvalue weighted by Gasteiger charge is -2.37. The van der Waals surface area contributed by atoms with Crippen LogP contribution in [0.25, 0.3) is 0 Å². The topological polar surface area (TPSA) is 53.0 Å². The first-order chi connectivity index (χ1) is 11.0. The summed E-state index contributed by atoms with van der Waals surface area (Å²) in [6, 6.07) is 7.99. The fraction of sp³-hybridized carbons (Fsp3) is 0.588. The average molecular weight is 385 g/mol. The van der Waals surface area contributed by atoms with Gasteiger partial charge in [-0.2, -0.15) is 0 Å². The zero-order valence-electron chi connectivity index (χ0n) is 13.7. The minimum absolute atomic E-state index is 0.0315. The summed E-state index contributed by atoms with van der Waals surface area (Å²) in [5.74, 6) is 0.718. The Hall–Kier alpha value is -1.11. The van der Waals surface area contributed by atoms with E-state index in [1.165, 1.54) is 0 Å². The summed E-state index contributed by atoms with van der Waals surface area (Å²) in [6.45, 7) is 4.13. The molecule has 1 atom stereocenters. The van der Waals surface area contributed by atoms with Gasteiger partial charge in [-0.25, -0.2) is 0 Å². The Morgan fingerprint density at radius 3 is 2.70 bits per heavy atom. The number of carbonyl (C=O) groups excluding carboxylic acids is 1.